The molecule has 2 aromatic heterocycles. The van der Waals surface area contributed by atoms with Gasteiger partial charge in [0, 0.05) is 23.3 Å². The van der Waals surface area contributed by atoms with Crippen molar-refractivity contribution >= 4 is 23.4 Å². The van der Waals surface area contributed by atoms with Gasteiger partial charge in [0.2, 0.25) is 17.7 Å². The number of allylic oxidation sites excluding steroid dienone is 3. The van der Waals surface area contributed by atoms with E-state index in [0.29, 0.717) is 17.7 Å². The number of fused-ring (bicyclic) bond motifs is 2. The quantitative estimate of drug-likeness (QED) is 0.455. The van der Waals surface area contributed by atoms with Crippen LogP contribution in [0.3, 0.4) is 0 Å². The predicted octanol–water partition coefficient (Wildman–Crippen LogP) is 5.73. The third-order valence-corrected chi connectivity index (χ3v) is 8.50. The van der Waals surface area contributed by atoms with Gasteiger partial charge in [0.1, 0.15) is 5.52 Å². The van der Waals surface area contributed by atoms with Crippen LogP contribution >= 0.6 is 0 Å². The van der Waals surface area contributed by atoms with Gasteiger partial charge in [-0.25, -0.2) is 4.52 Å². The summed E-state index contributed by atoms with van der Waals surface area (Å²) in [6.07, 6.45) is 15.4. The Morgan fingerprint density at radius 1 is 1.16 bits per heavy atom. The van der Waals surface area contributed by atoms with Crippen molar-refractivity contribution in [3.63, 3.8) is 0 Å². The van der Waals surface area contributed by atoms with Crippen LogP contribution in [0.5, 0.6) is 5.88 Å². The summed E-state index contributed by atoms with van der Waals surface area (Å²) in [4.78, 5) is 17.6. The maximum Gasteiger partial charge on any atom is 0.244 e. The van der Waals surface area contributed by atoms with E-state index in [1.165, 1.54) is 17.5 Å². The Labute approximate surface area is 218 Å². The Morgan fingerprint density at radius 3 is 2.70 bits per heavy atom. The lowest BCUT2D eigenvalue weighted by Gasteiger charge is -2.48. The Morgan fingerprint density at radius 2 is 1.97 bits per heavy atom. The number of nitrogens with zero attached hydrogens (tertiary/aromatic N) is 3. The highest BCUT2D eigenvalue weighted by Gasteiger charge is 2.48. The molecular weight excluding hydrogens is 462 g/mol. The number of carbonyl (C=O) groups excluding carboxylic acids is 1. The lowest BCUT2D eigenvalue weighted by molar-refractivity contribution is -0.138. The molecule has 0 bridgehead atoms. The molecule has 192 valence electrons. The van der Waals surface area contributed by atoms with Crippen LogP contribution in [0.4, 0.5) is 5.95 Å². The Kier molecular flexibility index (Phi) is 5.62. The Bertz CT molecular complexity index is 1430. The fraction of sp³-hybridized carbons (Fsp3) is 0.433. The number of aromatic nitrogens is 3. The van der Waals surface area contributed by atoms with Crippen LogP contribution in [-0.4, -0.2) is 39.2 Å². The first-order valence-corrected chi connectivity index (χ1v) is 13.3. The molecule has 37 heavy (non-hydrogen) atoms. The molecule has 1 amide bonds. The lowest BCUT2D eigenvalue weighted by atomic mass is 9.65. The monoisotopic (exact) mass is 497 g/mol. The van der Waals surface area contributed by atoms with Crippen molar-refractivity contribution in [2.24, 2.45) is 5.41 Å². The van der Waals surface area contributed by atoms with E-state index < -0.39 is 0 Å². The zero-order chi connectivity index (χ0) is 25.8. The van der Waals surface area contributed by atoms with Crippen LogP contribution in [0.25, 0.3) is 22.7 Å². The molecular formula is C30H35N5O2. The van der Waals surface area contributed by atoms with E-state index in [4.69, 9.17) is 14.8 Å². The van der Waals surface area contributed by atoms with Crippen molar-refractivity contribution in [3.05, 3.63) is 59.8 Å². The minimum atomic E-state index is -0.349. The van der Waals surface area contributed by atoms with Gasteiger partial charge in [-0.2, -0.15) is 4.98 Å². The second kappa shape index (κ2) is 8.75. The Balaban J connectivity index is 1.21. The van der Waals surface area contributed by atoms with E-state index in [9.17, 15) is 4.79 Å². The maximum absolute atomic E-state index is 12.9. The first-order chi connectivity index (χ1) is 17.8. The summed E-state index contributed by atoms with van der Waals surface area (Å²) in [6.45, 7) is 6.41. The van der Waals surface area contributed by atoms with Gasteiger partial charge in [0.25, 0.3) is 0 Å². The second-order valence-corrected chi connectivity index (χ2v) is 11.5. The van der Waals surface area contributed by atoms with Crippen LogP contribution in [-0.2, 0) is 4.79 Å². The van der Waals surface area contributed by atoms with Gasteiger partial charge >= 0.3 is 0 Å². The third kappa shape index (κ3) is 4.20. The number of ether oxygens (including phenoxy) is 1. The number of hydrogen-bond acceptors (Lipinski definition) is 5. The topological polar surface area (TPSA) is 80.5 Å². The van der Waals surface area contributed by atoms with Crippen LogP contribution in [0, 0.1) is 5.41 Å². The number of carbonyl (C=O) groups is 1. The number of hydrogen-bond donors (Lipinski definition) is 2. The average Bonchev–Trinajstić information content (AvgIpc) is 3.18. The van der Waals surface area contributed by atoms with Gasteiger partial charge < -0.3 is 15.4 Å². The molecule has 2 saturated carbocycles. The van der Waals surface area contributed by atoms with Gasteiger partial charge in [-0.05, 0) is 73.8 Å². The van der Waals surface area contributed by atoms with Gasteiger partial charge in [-0.1, -0.05) is 50.3 Å². The maximum atomic E-state index is 12.9. The summed E-state index contributed by atoms with van der Waals surface area (Å²) < 4.78 is 7.55. The lowest BCUT2D eigenvalue weighted by Crippen LogP contribution is -2.59. The number of nitrogens with one attached hydrogen (secondary N) is 2. The molecule has 0 radical (unpaired) electrons. The van der Waals surface area contributed by atoms with Crippen LogP contribution in [0.2, 0.25) is 0 Å². The molecule has 7 nitrogen and oxygen atoms in total. The van der Waals surface area contributed by atoms with E-state index in [-0.39, 0.29) is 22.9 Å². The predicted molar refractivity (Wildman–Crippen MR) is 147 cm³/mol. The fourth-order valence-electron chi connectivity index (χ4n) is 5.98. The molecule has 7 heteroatoms. The van der Waals surface area contributed by atoms with Crippen molar-refractivity contribution in [1.29, 1.82) is 0 Å². The third-order valence-electron chi connectivity index (χ3n) is 8.50. The van der Waals surface area contributed by atoms with Gasteiger partial charge in [0.15, 0.2) is 0 Å². The Hall–Kier alpha value is -3.61. The summed E-state index contributed by atoms with van der Waals surface area (Å²) in [5, 5.41) is 11.4. The highest BCUT2D eigenvalue weighted by molar-refractivity contribution is 5.86. The number of amides is 1. The van der Waals surface area contributed by atoms with Crippen molar-refractivity contribution in [1.82, 2.24) is 19.9 Å². The molecule has 3 aliphatic rings. The summed E-state index contributed by atoms with van der Waals surface area (Å²) in [5.74, 6) is 1.57. The average molecular weight is 498 g/mol. The first-order valence-electron chi connectivity index (χ1n) is 13.3. The molecule has 3 aromatic rings. The van der Waals surface area contributed by atoms with Crippen molar-refractivity contribution < 1.29 is 9.53 Å². The number of anilines is 1. The number of rotatable bonds is 6. The van der Waals surface area contributed by atoms with E-state index in [2.05, 4.69) is 80.0 Å². The molecule has 2 heterocycles. The normalized spacial score (nSPS) is 25.5. The largest absolute Gasteiger partial charge is 0.479 e. The molecule has 1 atom stereocenters. The molecule has 0 unspecified atom stereocenters. The van der Waals surface area contributed by atoms with Crippen molar-refractivity contribution in [2.45, 2.75) is 70.4 Å². The smallest absolute Gasteiger partial charge is 0.244 e. The number of methoxy groups -OCH3 is 1. The van der Waals surface area contributed by atoms with Crippen LogP contribution < -0.4 is 15.4 Å². The van der Waals surface area contributed by atoms with Crippen molar-refractivity contribution in [2.75, 3.05) is 12.4 Å². The van der Waals surface area contributed by atoms with E-state index >= 15 is 0 Å². The zero-order valence-corrected chi connectivity index (χ0v) is 22.0. The second-order valence-electron chi connectivity index (χ2n) is 11.5. The summed E-state index contributed by atoms with van der Waals surface area (Å²) in [5.41, 5.74) is 5.13. The zero-order valence-electron chi connectivity index (χ0n) is 22.0. The molecule has 0 spiro atoms. The molecule has 1 aromatic carbocycles. The van der Waals surface area contributed by atoms with Gasteiger partial charge in [-0.15, -0.1) is 5.10 Å². The summed E-state index contributed by atoms with van der Waals surface area (Å²) >= 11 is 0. The standard InChI is InChI=1S/C30H35N5O2/c1-19-8-5-6-9-20-16-21(10-11-23(19)20)24-12-15-35-25(24)26(37-4)32-28(34-35)31-22-17-29(2,18-22)27(36)33-30(3)13-7-14-30/h5-6,8-12,15-16,19,22H,7,13-14,17-18H2,1-4H3,(H,31,34)(H,33,36)/t19-,22?,29?/m0/s1. The van der Waals surface area contributed by atoms with Gasteiger partial charge in [0.05, 0.1) is 12.5 Å². The van der Waals surface area contributed by atoms with E-state index in [0.717, 1.165) is 42.3 Å². The molecule has 3 aliphatic carbocycles. The highest BCUT2D eigenvalue weighted by atomic mass is 16.5. The molecule has 2 N–H and O–H groups in total. The minimum Gasteiger partial charge on any atom is -0.479 e. The molecule has 6 rings (SSSR count). The van der Waals surface area contributed by atoms with Crippen LogP contribution in [0.15, 0.2) is 48.7 Å². The highest BCUT2D eigenvalue weighted by Crippen LogP contribution is 2.44. The van der Waals surface area contributed by atoms with Crippen molar-refractivity contribution in [3.8, 4) is 17.0 Å². The van der Waals surface area contributed by atoms with Gasteiger partial charge in [-0.3, -0.25) is 4.79 Å². The fourth-order valence-corrected chi connectivity index (χ4v) is 5.98. The van der Waals surface area contributed by atoms with Crippen LogP contribution in [0.1, 0.15) is 69.9 Å². The minimum absolute atomic E-state index is 0.0189. The van der Waals surface area contributed by atoms with E-state index in [1.807, 2.05) is 10.7 Å². The molecule has 0 saturated heterocycles. The summed E-state index contributed by atoms with van der Waals surface area (Å²) in [7, 11) is 1.64. The summed E-state index contributed by atoms with van der Waals surface area (Å²) in [6, 6.07) is 8.80. The molecule has 2 fully saturated rings. The number of benzene rings is 1. The molecule has 0 aliphatic heterocycles. The van der Waals surface area contributed by atoms with E-state index in [1.54, 1.807) is 7.11 Å². The first kappa shape index (κ1) is 23.8. The SMILES string of the molecule is COc1nc(NC2CC(C)(C(=O)NC3(C)CCC3)C2)nn2ccc(-c3ccc4c(c3)C=CC=C[C@@H]4C)c12.